The number of hydrogen-bond acceptors (Lipinski definition) is 6. The first-order chi connectivity index (χ1) is 16.0. The van der Waals surface area contributed by atoms with E-state index in [4.69, 9.17) is 4.74 Å². The van der Waals surface area contributed by atoms with Crippen LogP contribution in [0.5, 0.6) is 11.6 Å². The molecule has 8 nitrogen and oxygen atoms in total. The highest BCUT2D eigenvalue weighted by Crippen LogP contribution is 2.28. The number of carbonyl (C=O) groups is 2. The van der Waals surface area contributed by atoms with E-state index >= 15 is 0 Å². The third kappa shape index (κ3) is 5.01. The Morgan fingerprint density at radius 2 is 1.94 bits per heavy atom. The molecule has 0 radical (unpaired) electrons. The lowest BCUT2D eigenvalue weighted by molar-refractivity contribution is 0.0542. The molecule has 1 saturated heterocycles. The van der Waals surface area contributed by atoms with Gasteiger partial charge in [0.25, 0.3) is 11.8 Å². The predicted molar refractivity (Wildman–Crippen MR) is 124 cm³/mol. The van der Waals surface area contributed by atoms with Gasteiger partial charge in [-0.1, -0.05) is 12.1 Å². The van der Waals surface area contributed by atoms with Crippen LogP contribution in [-0.4, -0.2) is 65.3 Å². The van der Waals surface area contributed by atoms with Crippen LogP contribution >= 0.6 is 0 Å². The summed E-state index contributed by atoms with van der Waals surface area (Å²) in [6.07, 6.45) is 3.22. The largest absolute Gasteiger partial charge is 0.437 e. The summed E-state index contributed by atoms with van der Waals surface area (Å²) in [5, 5.41) is 2.66. The molecule has 4 rings (SSSR count). The molecule has 1 aliphatic heterocycles. The fourth-order valence-electron chi connectivity index (χ4n) is 3.88. The minimum absolute atomic E-state index is 0.0327. The normalized spacial score (nSPS) is 16.3. The molecular formula is C25H27N5O3. The van der Waals surface area contributed by atoms with Crippen molar-refractivity contribution in [3.05, 3.63) is 83.3 Å². The van der Waals surface area contributed by atoms with Crippen molar-refractivity contribution < 1.29 is 14.3 Å². The maximum absolute atomic E-state index is 13.5. The highest BCUT2D eigenvalue weighted by atomic mass is 16.5. The average Bonchev–Trinajstić information content (AvgIpc) is 2.85. The average molecular weight is 446 g/mol. The molecule has 0 saturated carbocycles. The first-order valence-electron chi connectivity index (χ1n) is 10.8. The molecule has 1 N–H and O–H groups in total. The topological polar surface area (TPSA) is 87.7 Å². The van der Waals surface area contributed by atoms with Gasteiger partial charge in [0.2, 0.25) is 5.88 Å². The van der Waals surface area contributed by atoms with E-state index in [9.17, 15) is 9.59 Å². The Morgan fingerprint density at radius 3 is 2.70 bits per heavy atom. The van der Waals surface area contributed by atoms with Crippen LogP contribution in [0.2, 0.25) is 0 Å². The van der Waals surface area contributed by atoms with Crippen molar-refractivity contribution in [2.75, 3.05) is 33.7 Å². The molecule has 8 heteroatoms. The van der Waals surface area contributed by atoms with Crippen LogP contribution < -0.4 is 10.1 Å². The van der Waals surface area contributed by atoms with Gasteiger partial charge in [0.15, 0.2) is 0 Å². The number of amides is 2. The van der Waals surface area contributed by atoms with Crippen molar-refractivity contribution in [3.63, 3.8) is 0 Å². The third-order valence-electron chi connectivity index (χ3n) is 5.80. The Balaban J connectivity index is 1.56. The first kappa shape index (κ1) is 22.4. The molecule has 2 amide bonds. The summed E-state index contributed by atoms with van der Waals surface area (Å²) in [4.78, 5) is 38.1. The molecule has 33 heavy (non-hydrogen) atoms. The molecule has 0 bridgehead atoms. The number of piperazine rings is 1. The number of likely N-dealkylation sites (N-methyl/N-ethyl adjacent to an activating group) is 1. The summed E-state index contributed by atoms with van der Waals surface area (Å²) >= 11 is 0. The molecule has 0 aliphatic carbocycles. The Morgan fingerprint density at radius 1 is 1.09 bits per heavy atom. The van der Waals surface area contributed by atoms with E-state index in [2.05, 4.69) is 20.2 Å². The van der Waals surface area contributed by atoms with Gasteiger partial charge in [-0.3, -0.25) is 19.5 Å². The van der Waals surface area contributed by atoms with Gasteiger partial charge in [-0.15, -0.1) is 0 Å². The number of pyridine rings is 2. The maximum atomic E-state index is 13.5. The maximum Gasteiger partial charge on any atom is 0.259 e. The number of benzene rings is 1. The molecule has 0 unspecified atom stereocenters. The number of carbonyl (C=O) groups excluding carboxylic acids is 2. The first-order valence-corrected chi connectivity index (χ1v) is 10.8. The number of ether oxygens (including phenoxy) is 1. The van der Waals surface area contributed by atoms with Crippen LogP contribution in [-0.2, 0) is 0 Å². The zero-order valence-corrected chi connectivity index (χ0v) is 19.0. The minimum Gasteiger partial charge on any atom is -0.437 e. The fraction of sp³-hybridized carbons (Fsp3) is 0.280. The van der Waals surface area contributed by atoms with Gasteiger partial charge in [0.1, 0.15) is 11.3 Å². The van der Waals surface area contributed by atoms with Gasteiger partial charge in [0.05, 0.1) is 12.2 Å². The molecule has 1 aliphatic rings. The zero-order chi connectivity index (χ0) is 23.4. The monoisotopic (exact) mass is 445 g/mol. The van der Waals surface area contributed by atoms with Gasteiger partial charge >= 0.3 is 0 Å². The Kier molecular flexibility index (Phi) is 6.65. The van der Waals surface area contributed by atoms with Gasteiger partial charge in [-0.2, -0.15) is 0 Å². The van der Waals surface area contributed by atoms with E-state index in [-0.39, 0.29) is 23.7 Å². The van der Waals surface area contributed by atoms with Crippen molar-refractivity contribution in [1.29, 1.82) is 0 Å². The summed E-state index contributed by atoms with van der Waals surface area (Å²) in [7, 11) is 3.64. The summed E-state index contributed by atoms with van der Waals surface area (Å²) < 4.78 is 5.89. The summed E-state index contributed by atoms with van der Waals surface area (Å²) in [6, 6.07) is 14.6. The molecule has 2 aromatic heterocycles. The van der Waals surface area contributed by atoms with Crippen LogP contribution in [0.15, 0.2) is 60.9 Å². The van der Waals surface area contributed by atoms with E-state index in [1.807, 2.05) is 43.1 Å². The lowest BCUT2D eigenvalue weighted by Gasteiger charge is -2.40. The summed E-state index contributed by atoms with van der Waals surface area (Å²) in [5.41, 5.74) is 2.87. The Hall–Kier alpha value is -3.78. The molecule has 1 aromatic carbocycles. The van der Waals surface area contributed by atoms with Crippen LogP contribution in [0.25, 0.3) is 0 Å². The van der Waals surface area contributed by atoms with E-state index in [1.165, 1.54) is 0 Å². The summed E-state index contributed by atoms with van der Waals surface area (Å²) in [5.74, 6) is 0.505. The van der Waals surface area contributed by atoms with Crippen LogP contribution in [0.1, 0.15) is 38.0 Å². The SMILES string of the molecule is CNC(=O)c1cccc([C@@H]2CN(C(=O)c3cccnc3Oc3ccc(C)nc3)CCN2C)c1. The Bertz CT molecular complexity index is 1150. The Labute approximate surface area is 193 Å². The van der Waals surface area contributed by atoms with Crippen molar-refractivity contribution in [2.24, 2.45) is 0 Å². The van der Waals surface area contributed by atoms with Crippen molar-refractivity contribution >= 4 is 11.8 Å². The number of nitrogens with one attached hydrogen (secondary N) is 1. The smallest absolute Gasteiger partial charge is 0.259 e. The molecule has 3 heterocycles. The fourth-order valence-corrected chi connectivity index (χ4v) is 3.88. The van der Waals surface area contributed by atoms with Crippen LogP contribution in [0.3, 0.4) is 0 Å². The predicted octanol–water partition coefficient (Wildman–Crippen LogP) is 3.07. The lowest BCUT2D eigenvalue weighted by Crippen LogP contribution is -2.49. The van der Waals surface area contributed by atoms with Crippen LogP contribution in [0, 0.1) is 6.92 Å². The minimum atomic E-state index is -0.140. The van der Waals surface area contributed by atoms with Gasteiger partial charge in [-0.25, -0.2) is 4.98 Å². The lowest BCUT2D eigenvalue weighted by atomic mass is 9.99. The zero-order valence-electron chi connectivity index (χ0n) is 19.0. The van der Waals surface area contributed by atoms with E-state index < -0.39 is 0 Å². The second kappa shape index (κ2) is 9.79. The molecule has 1 fully saturated rings. The third-order valence-corrected chi connectivity index (χ3v) is 5.80. The van der Waals surface area contributed by atoms with E-state index in [0.29, 0.717) is 36.5 Å². The number of rotatable bonds is 5. The number of aromatic nitrogens is 2. The van der Waals surface area contributed by atoms with Crippen molar-refractivity contribution in [1.82, 2.24) is 25.1 Å². The highest BCUT2D eigenvalue weighted by molar-refractivity contribution is 5.96. The van der Waals surface area contributed by atoms with E-state index in [0.717, 1.165) is 11.3 Å². The molecule has 1 atom stereocenters. The second-order valence-corrected chi connectivity index (χ2v) is 8.05. The molecular weight excluding hydrogens is 418 g/mol. The van der Waals surface area contributed by atoms with Crippen molar-refractivity contribution in [3.8, 4) is 11.6 Å². The van der Waals surface area contributed by atoms with Gasteiger partial charge < -0.3 is 15.0 Å². The van der Waals surface area contributed by atoms with Gasteiger partial charge in [0, 0.05) is 44.1 Å². The summed E-state index contributed by atoms with van der Waals surface area (Å²) in [6.45, 7) is 3.68. The number of nitrogens with zero attached hydrogens (tertiary/aromatic N) is 4. The quantitative estimate of drug-likeness (QED) is 0.650. The van der Waals surface area contributed by atoms with Gasteiger partial charge in [-0.05, 0) is 55.9 Å². The van der Waals surface area contributed by atoms with Crippen molar-refractivity contribution in [2.45, 2.75) is 13.0 Å². The van der Waals surface area contributed by atoms with Crippen LogP contribution in [0.4, 0.5) is 0 Å². The number of hydrogen-bond donors (Lipinski definition) is 1. The van der Waals surface area contributed by atoms with E-state index in [1.54, 1.807) is 43.7 Å². The standard InChI is InChI=1S/C25H27N5O3/c1-17-9-10-20(15-28-17)33-24-21(8-5-11-27-24)25(32)30-13-12-29(3)22(16-30)18-6-4-7-19(14-18)23(31)26-2/h4-11,14-15,22H,12-13,16H2,1-3H3,(H,26,31)/t22-/m0/s1. The highest BCUT2D eigenvalue weighted by Gasteiger charge is 2.31. The molecule has 0 spiro atoms. The second-order valence-electron chi connectivity index (χ2n) is 8.05. The number of aryl methyl sites for hydroxylation is 1. The molecule has 3 aromatic rings. The molecule has 170 valence electrons.